The van der Waals surface area contributed by atoms with E-state index in [9.17, 15) is 4.55 Å². The first-order valence-corrected chi connectivity index (χ1v) is 10.0. The first kappa shape index (κ1) is 17.1. The SMILES string of the molecule is N[N+]12C=CN=CC1=C(C1=CC=C1)N=C2c1ccc([S+]([O-])c2ccccc2)cc1. The molecule has 2 atom stereocenters. The molecule has 136 valence electrons. The van der Waals surface area contributed by atoms with Crippen molar-refractivity contribution in [3.8, 4) is 0 Å². The Morgan fingerprint density at radius 1 is 0.964 bits per heavy atom. The van der Waals surface area contributed by atoms with E-state index in [0.717, 1.165) is 32.3 Å². The number of nitrogens with zero attached hydrogens (tertiary/aromatic N) is 3. The van der Waals surface area contributed by atoms with Crippen molar-refractivity contribution in [3.63, 3.8) is 0 Å². The second-order valence-corrected chi connectivity index (χ2v) is 8.09. The summed E-state index contributed by atoms with van der Waals surface area (Å²) < 4.78 is 12.7. The molecular weight excluding hydrogens is 368 g/mol. The molecule has 5 rings (SSSR count). The number of rotatable bonds is 4. The summed E-state index contributed by atoms with van der Waals surface area (Å²) in [5, 5.41) is 0. The average Bonchev–Trinajstić information content (AvgIpc) is 3.00. The Balaban J connectivity index is 1.50. The van der Waals surface area contributed by atoms with Crippen LogP contribution in [0.3, 0.4) is 0 Å². The fourth-order valence-electron chi connectivity index (χ4n) is 3.35. The Labute approximate surface area is 166 Å². The zero-order valence-corrected chi connectivity index (χ0v) is 15.7. The molecule has 0 spiro atoms. The summed E-state index contributed by atoms with van der Waals surface area (Å²) in [5.74, 6) is 7.41. The van der Waals surface area contributed by atoms with E-state index in [4.69, 9.17) is 10.8 Å². The number of hydrogen-bond donors (Lipinski definition) is 1. The van der Waals surface area contributed by atoms with E-state index in [1.165, 1.54) is 0 Å². The Kier molecular flexibility index (Phi) is 3.99. The summed E-state index contributed by atoms with van der Waals surface area (Å²) in [6, 6.07) is 17.0. The van der Waals surface area contributed by atoms with Gasteiger partial charge in [-0.15, -0.1) is 4.59 Å². The monoisotopic (exact) mass is 385 g/mol. The fourth-order valence-corrected chi connectivity index (χ4v) is 4.41. The first-order valence-electron chi connectivity index (χ1n) is 8.85. The number of hydrogen-bond acceptors (Lipinski definition) is 4. The van der Waals surface area contributed by atoms with Crippen LogP contribution in [-0.2, 0) is 11.2 Å². The van der Waals surface area contributed by atoms with E-state index in [1.807, 2.05) is 79.0 Å². The highest BCUT2D eigenvalue weighted by Gasteiger charge is 2.44. The van der Waals surface area contributed by atoms with E-state index in [0.29, 0.717) is 5.84 Å². The van der Waals surface area contributed by atoms with Gasteiger partial charge in [0, 0.05) is 16.7 Å². The highest BCUT2D eigenvalue weighted by Crippen LogP contribution is 2.36. The number of allylic oxidation sites excluding steroid dienone is 4. The van der Waals surface area contributed by atoms with Gasteiger partial charge in [-0.05, 0) is 36.4 Å². The Morgan fingerprint density at radius 2 is 1.68 bits per heavy atom. The van der Waals surface area contributed by atoms with Crippen molar-refractivity contribution < 1.29 is 9.14 Å². The molecule has 2 N–H and O–H groups in total. The van der Waals surface area contributed by atoms with E-state index in [-0.39, 0.29) is 4.59 Å². The van der Waals surface area contributed by atoms with Gasteiger partial charge in [0.05, 0.1) is 18.0 Å². The molecule has 2 aromatic rings. The van der Waals surface area contributed by atoms with Crippen molar-refractivity contribution in [3.05, 3.63) is 108 Å². The molecule has 0 fully saturated rings. The van der Waals surface area contributed by atoms with E-state index < -0.39 is 11.2 Å². The topological polar surface area (TPSA) is 73.8 Å². The molecule has 0 bridgehead atoms. The first-order chi connectivity index (χ1) is 13.7. The number of quaternary nitrogens is 1. The van der Waals surface area contributed by atoms with Gasteiger partial charge in [-0.3, -0.25) is 4.99 Å². The summed E-state index contributed by atoms with van der Waals surface area (Å²) in [5.41, 5.74) is 3.60. The molecule has 0 amide bonds. The molecule has 0 saturated heterocycles. The maximum Gasteiger partial charge on any atom is 0.265 e. The standard InChI is InChI=1S/C22H17N4OS/c23-26-14-13-24-15-20(26)21(16-5-4-6-16)25-22(26)17-9-11-19(12-10-17)28(27)18-7-2-1-3-8-18/h1-15H,23H2/q+1. The predicted octanol–water partition coefficient (Wildman–Crippen LogP) is 3.57. The van der Waals surface area contributed by atoms with Gasteiger partial charge in [-0.25, -0.2) is 0 Å². The molecule has 28 heavy (non-hydrogen) atoms. The quantitative estimate of drug-likeness (QED) is 0.496. The molecule has 3 aliphatic rings. The lowest BCUT2D eigenvalue weighted by atomic mass is 10.0. The summed E-state index contributed by atoms with van der Waals surface area (Å²) in [7, 11) is 0. The largest absolute Gasteiger partial charge is 0.606 e. The summed E-state index contributed by atoms with van der Waals surface area (Å²) >= 11 is -1.22. The molecule has 2 heterocycles. The molecular formula is C22H17N4OS+. The van der Waals surface area contributed by atoms with Crippen LogP contribution in [-0.4, -0.2) is 21.2 Å². The second-order valence-electron chi connectivity index (χ2n) is 6.61. The number of aliphatic imine (C=N–C) groups is 2. The maximum absolute atomic E-state index is 12.8. The van der Waals surface area contributed by atoms with Crippen molar-refractivity contribution in [1.82, 2.24) is 0 Å². The Bertz CT molecular complexity index is 1130. The van der Waals surface area contributed by atoms with Crippen LogP contribution < -0.4 is 5.84 Å². The Hall–Kier alpha value is -3.03. The molecule has 0 aromatic heterocycles. The van der Waals surface area contributed by atoms with Gasteiger partial charge in [0.15, 0.2) is 9.79 Å². The highest BCUT2D eigenvalue weighted by molar-refractivity contribution is 7.91. The smallest absolute Gasteiger partial charge is 0.265 e. The van der Waals surface area contributed by atoms with Crippen LogP contribution in [0.4, 0.5) is 0 Å². The van der Waals surface area contributed by atoms with Crippen LogP contribution in [0, 0.1) is 0 Å². The van der Waals surface area contributed by atoms with Crippen molar-refractivity contribution in [1.29, 1.82) is 0 Å². The van der Waals surface area contributed by atoms with Crippen molar-refractivity contribution in [2.75, 3.05) is 0 Å². The van der Waals surface area contributed by atoms with Crippen LogP contribution in [0.1, 0.15) is 5.56 Å². The van der Waals surface area contributed by atoms with Gasteiger partial charge in [0.25, 0.3) is 5.84 Å². The molecule has 0 saturated carbocycles. The third kappa shape index (κ3) is 2.63. The minimum atomic E-state index is -1.22. The van der Waals surface area contributed by atoms with E-state index in [2.05, 4.69) is 4.99 Å². The molecule has 1 aliphatic carbocycles. The van der Waals surface area contributed by atoms with Crippen LogP contribution in [0.15, 0.2) is 122 Å². The lowest BCUT2D eigenvalue weighted by molar-refractivity contribution is -0.750. The summed E-state index contributed by atoms with van der Waals surface area (Å²) in [6.45, 7) is 0. The van der Waals surface area contributed by atoms with E-state index in [1.54, 1.807) is 12.4 Å². The molecule has 5 nitrogen and oxygen atoms in total. The van der Waals surface area contributed by atoms with Gasteiger partial charge in [0.1, 0.15) is 11.9 Å². The summed E-state index contributed by atoms with van der Waals surface area (Å²) in [4.78, 5) is 10.6. The average molecular weight is 385 g/mol. The van der Waals surface area contributed by atoms with Crippen molar-refractivity contribution >= 4 is 23.2 Å². The minimum Gasteiger partial charge on any atom is -0.606 e. The van der Waals surface area contributed by atoms with Gasteiger partial charge >= 0.3 is 0 Å². The molecule has 6 heteroatoms. The van der Waals surface area contributed by atoms with Gasteiger partial charge in [0.2, 0.25) is 5.70 Å². The lowest BCUT2D eigenvalue weighted by Crippen LogP contribution is -2.53. The van der Waals surface area contributed by atoms with Crippen molar-refractivity contribution in [2.45, 2.75) is 9.79 Å². The number of benzene rings is 2. The van der Waals surface area contributed by atoms with Gasteiger partial charge in [-0.1, -0.05) is 36.4 Å². The maximum atomic E-state index is 12.8. The highest BCUT2D eigenvalue weighted by atomic mass is 32.2. The van der Waals surface area contributed by atoms with Crippen LogP contribution in [0.5, 0.6) is 0 Å². The van der Waals surface area contributed by atoms with E-state index >= 15 is 0 Å². The number of nitrogens with two attached hydrogens (primary N) is 1. The van der Waals surface area contributed by atoms with Crippen LogP contribution >= 0.6 is 0 Å². The molecule has 2 aliphatic heterocycles. The zero-order chi connectivity index (χ0) is 19.1. The van der Waals surface area contributed by atoms with Gasteiger partial charge in [-0.2, -0.15) is 10.8 Å². The molecule has 2 aromatic carbocycles. The van der Waals surface area contributed by atoms with Crippen LogP contribution in [0.2, 0.25) is 0 Å². The summed E-state index contributed by atoms with van der Waals surface area (Å²) in [6.07, 6.45) is 11.3. The number of fused-ring (bicyclic) bond motifs is 1. The fraction of sp³-hybridized carbons (Fsp3) is 0. The molecule has 0 radical (unpaired) electrons. The van der Waals surface area contributed by atoms with Crippen LogP contribution in [0.25, 0.3) is 0 Å². The third-order valence-electron chi connectivity index (χ3n) is 4.90. The zero-order valence-electron chi connectivity index (χ0n) is 14.9. The van der Waals surface area contributed by atoms with Gasteiger partial charge < -0.3 is 4.55 Å². The lowest BCUT2D eigenvalue weighted by Gasteiger charge is -2.26. The van der Waals surface area contributed by atoms with Crippen molar-refractivity contribution in [2.24, 2.45) is 15.8 Å². The third-order valence-corrected chi connectivity index (χ3v) is 6.30. The number of amidine groups is 1. The molecule has 2 unspecified atom stereocenters. The predicted molar refractivity (Wildman–Crippen MR) is 110 cm³/mol. The minimum absolute atomic E-state index is 0.0227. The Morgan fingerprint density at radius 3 is 2.36 bits per heavy atom. The normalized spacial score (nSPS) is 23.2. The second kappa shape index (κ2) is 6.54.